The summed E-state index contributed by atoms with van der Waals surface area (Å²) < 4.78 is 6.87. The van der Waals surface area contributed by atoms with Gasteiger partial charge in [0.15, 0.2) is 0 Å². The van der Waals surface area contributed by atoms with Crippen LogP contribution in [0.3, 0.4) is 0 Å². The quantitative estimate of drug-likeness (QED) is 0.443. The van der Waals surface area contributed by atoms with Crippen molar-refractivity contribution in [2.24, 2.45) is 0 Å². The summed E-state index contributed by atoms with van der Waals surface area (Å²) in [4.78, 5) is 23.7. The molecule has 0 unspecified atom stereocenters. The van der Waals surface area contributed by atoms with E-state index < -0.39 is 0 Å². The van der Waals surface area contributed by atoms with Gasteiger partial charge in [-0.05, 0) is 47.7 Å². The minimum Gasteiger partial charge on any atom is -0.465 e. The molecule has 0 aliphatic rings. The third-order valence-corrected chi connectivity index (χ3v) is 4.79. The van der Waals surface area contributed by atoms with Crippen LogP contribution < -0.4 is 5.32 Å². The molecule has 0 fully saturated rings. The molecule has 0 saturated heterocycles. The van der Waals surface area contributed by atoms with E-state index in [4.69, 9.17) is 4.74 Å². The van der Waals surface area contributed by atoms with Crippen LogP contribution in [0.15, 0.2) is 54.7 Å². The maximum absolute atomic E-state index is 12.1. The molecule has 0 radical (unpaired) electrons. The number of unbranched alkanes of at least 4 members (excludes halogenated alkanes) is 2. The molecule has 0 bridgehead atoms. The largest absolute Gasteiger partial charge is 0.465 e. The molecule has 0 aliphatic heterocycles. The average Bonchev–Trinajstić information content (AvgIpc) is 3.10. The summed E-state index contributed by atoms with van der Waals surface area (Å²) in [6, 6.07) is 15.4. The summed E-state index contributed by atoms with van der Waals surface area (Å²) in [6.07, 6.45) is 5.69. The van der Waals surface area contributed by atoms with Crippen molar-refractivity contribution in [2.75, 3.05) is 12.4 Å². The highest BCUT2D eigenvalue weighted by atomic mass is 16.5. The van der Waals surface area contributed by atoms with Gasteiger partial charge in [0, 0.05) is 24.8 Å². The summed E-state index contributed by atoms with van der Waals surface area (Å²) in [7, 11) is 1.38. The number of fused-ring (bicyclic) bond motifs is 1. The van der Waals surface area contributed by atoms with E-state index in [0.29, 0.717) is 18.5 Å². The molecule has 0 aliphatic carbocycles. The number of hydrogen-bond donors (Lipinski definition) is 1. The summed E-state index contributed by atoms with van der Waals surface area (Å²) in [5.74, 6) is -0.276. The van der Waals surface area contributed by atoms with E-state index in [2.05, 4.69) is 22.9 Å². The Morgan fingerprint density at radius 2 is 1.82 bits per heavy atom. The molecular weight excluding hydrogens is 352 g/mol. The Labute approximate surface area is 165 Å². The molecule has 0 atom stereocenters. The van der Waals surface area contributed by atoms with Crippen LogP contribution in [0.25, 0.3) is 10.9 Å². The molecule has 28 heavy (non-hydrogen) atoms. The lowest BCUT2D eigenvalue weighted by atomic mass is 10.1. The van der Waals surface area contributed by atoms with Gasteiger partial charge >= 0.3 is 5.97 Å². The fraction of sp³-hybridized carbons (Fsp3) is 0.304. The number of nitrogens with one attached hydrogen (secondary N) is 1. The Bertz CT molecular complexity index is 958. The average molecular weight is 378 g/mol. The molecule has 1 heterocycles. The molecule has 1 aromatic heterocycles. The van der Waals surface area contributed by atoms with E-state index in [0.717, 1.165) is 41.4 Å². The molecule has 0 saturated carbocycles. The number of carbonyl (C=O) groups is 2. The zero-order chi connectivity index (χ0) is 19.9. The van der Waals surface area contributed by atoms with Gasteiger partial charge in [-0.1, -0.05) is 38.0 Å². The first-order valence-electron chi connectivity index (χ1n) is 9.66. The Balaban J connectivity index is 1.73. The summed E-state index contributed by atoms with van der Waals surface area (Å²) in [6.45, 7) is 2.81. The van der Waals surface area contributed by atoms with Crippen LogP contribution in [-0.4, -0.2) is 23.6 Å². The minimum absolute atomic E-state index is 0.0595. The van der Waals surface area contributed by atoms with E-state index in [1.807, 2.05) is 36.5 Å². The molecule has 3 rings (SSSR count). The van der Waals surface area contributed by atoms with Crippen molar-refractivity contribution in [3.63, 3.8) is 0 Å². The standard InChI is InChI=1S/C23H26N2O3/c1-3-4-5-6-22(26)24-20-12-11-18-13-14-25(21(18)15-20)16-17-7-9-19(10-8-17)23(27)28-2/h7-15H,3-6,16H2,1-2H3,(H,24,26). The van der Waals surface area contributed by atoms with E-state index in [1.165, 1.54) is 7.11 Å². The number of anilines is 1. The van der Waals surface area contributed by atoms with Gasteiger partial charge in [-0.15, -0.1) is 0 Å². The first-order chi connectivity index (χ1) is 13.6. The topological polar surface area (TPSA) is 60.3 Å². The predicted octanol–water partition coefficient (Wildman–Crippen LogP) is 5.00. The number of ether oxygens (including phenoxy) is 1. The first kappa shape index (κ1) is 19.7. The fourth-order valence-electron chi connectivity index (χ4n) is 3.22. The van der Waals surface area contributed by atoms with Crippen molar-refractivity contribution < 1.29 is 14.3 Å². The zero-order valence-electron chi connectivity index (χ0n) is 16.4. The van der Waals surface area contributed by atoms with E-state index >= 15 is 0 Å². The van der Waals surface area contributed by atoms with Gasteiger partial charge in [-0.2, -0.15) is 0 Å². The number of amides is 1. The second-order valence-electron chi connectivity index (χ2n) is 6.91. The lowest BCUT2D eigenvalue weighted by Gasteiger charge is -2.09. The lowest BCUT2D eigenvalue weighted by molar-refractivity contribution is -0.116. The normalized spacial score (nSPS) is 10.8. The smallest absolute Gasteiger partial charge is 0.337 e. The fourth-order valence-corrected chi connectivity index (χ4v) is 3.22. The molecule has 0 spiro atoms. The summed E-state index contributed by atoms with van der Waals surface area (Å²) >= 11 is 0. The number of esters is 1. The van der Waals surface area contributed by atoms with E-state index in [-0.39, 0.29) is 11.9 Å². The Morgan fingerprint density at radius 3 is 2.54 bits per heavy atom. The van der Waals surface area contributed by atoms with Gasteiger partial charge in [0.1, 0.15) is 0 Å². The third kappa shape index (κ3) is 4.80. The second kappa shape index (κ2) is 9.22. The Kier molecular flexibility index (Phi) is 6.48. The van der Waals surface area contributed by atoms with E-state index in [9.17, 15) is 9.59 Å². The van der Waals surface area contributed by atoms with Gasteiger partial charge in [-0.25, -0.2) is 4.79 Å². The van der Waals surface area contributed by atoms with Gasteiger partial charge in [0.25, 0.3) is 0 Å². The van der Waals surface area contributed by atoms with Crippen LogP contribution in [0.2, 0.25) is 0 Å². The highest BCUT2D eigenvalue weighted by Gasteiger charge is 2.08. The molecular formula is C23H26N2O3. The monoisotopic (exact) mass is 378 g/mol. The molecule has 146 valence electrons. The van der Waals surface area contributed by atoms with Gasteiger partial charge < -0.3 is 14.6 Å². The van der Waals surface area contributed by atoms with Crippen LogP contribution in [0.1, 0.15) is 48.5 Å². The number of benzene rings is 2. The zero-order valence-corrected chi connectivity index (χ0v) is 16.4. The van der Waals surface area contributed by atoms with Gasteiger partial charge in [0.05, 0.1) is 18.2 Å². The van der Waals surface area contributed by atoms with Crippen molar-refractivity contribution in [3.05, 3.63) is 65.9 Å². The van der Waals surface area contributed by atoms with Crippen LogP contribution >= 0.6 is 0 Å². The van der Waals surface area contributed by atoms with Crippen molar-refractivity contribution >= 4 is 28.5 Å². The number of carbonyl (C=O) groups excluding carboxylic acids is 2. The number of nitrogens with zero attached hydrogens (tertiary/aromatic N) is 1. The first-order valence-corrected chi connectivity index (χ1v) is 9.66. The molecule has 2 aromatic carbocycles. The van der Waals surface area contributed by atoms with Crippen molar-refractivity contribution in [2.45, 2.75) is 39.2 Å². The lowest BCUT2D eigenvalue weighted by Crippen LogP contribution is -2.11. The van der Waals surface area contributed by atoms with Gasteiger partial charge in [0.2, 0.25) is 5.91 Å². The third-order valence-electron chi connectivity index (χ3n) is 4.79. The number of aromatic nitrogens is 1. The highest BCUT2D eigenvalue weighted by molar-refractivity contribution is 5.93. The Morgan fingerprint density at radius 1 is 1.04 bits per heavy atom. The summed E-state index contributed by atoms with van der Waals surface area (Å²) in [5.41, 5.74) is 3.49. The molecule has 5 nitrogen and oxygen atoms in total. The second-order valence-corrected chi connectivity index (χ2v) is 6.91. The number of methoxy groups -OCH3 is 1. The molecule has 5 heteroatoms. The van der Waals surface area contributed by atoms with Crippen molar-refractivity contribution in [3.8, 4) is 0 Å². The molecule has 3 aromatic rings. The number of rotatable bonds is 8. The molecule has 1 N–H and O–H groups in total. The highest BCUT2D eigenvalue weighted by Crippen LogP contribution is 2.22. The van der Waals surface area contributed by atoms with Crippen LogP contribution in [-0.2, 0) is 16.1 Å². The van der Waals surface area contributed by atoms with Gasteiger partial charge in [-0.3, -0.25) is 4.79 Å². The van der Waals surface area contributed by atoms with Crippen LogP contribution in [0, 0.1) is 0 Å². The predicted molar refractivity (Wildman–Crippen MR) is 112 cm³/mol. The van der Waals surface area contributed by atoms with Crippen LogP contribution in [0.4, 0.5) is 5.69 Å². The minimum atomic E-state index is -0.336. The maximum atomic E-state index is 12.1. The van der Waals surface area contributed by atoms with Crippen LogP contribution in [0.5, 0.6) is 0 Å². The van der Waals surface area contributed by atoms with Crippen molar-refractivity contribution in [1.82, 2.24) is 4.57 Å². The van der Waals surface area contributed by atoms with E-state index in [1.54, 1.807) is 12.1 Å². The number of hydrogen-bond acceptors (Lipinski definition) is 3. The summed E-state index contributed by atoms with van der Waals surface area (Å²) in [5, 5.41) is 4.12. The SMILES string of the molecule is CCCCCC(=O)Nc1ccc2ccn(Cc3ccc(C(=O)OC)cc3)c2c1. The maximum Gasteiger partial charge on any atom is 0.337 e. The molecule has 1 amide bonds. The van der Waals surface area contributed by atoms with Crippen molar-refractivity contribution in [1.29, 1.82) is 0 Å². The Hall–Kier alpha value is -3.08.